The molecule has 0 bridgehead atoms. The van der Waals surface area contributed by atoms with Gasteiger partial charge in [-0.3, -0.25) is 0 Å². The Kier molecular flexibility index (Phi) is 11.5. The van der Waals surface area contributed by atoms with Gasteiger partial charge in [0.15, 0.2) is 11.5 Å². The Morgan fingerprint density at radius 3 is 1.27 bits per heavy atom. The Morgan fingerprint density at radius 1 is 0.818 bits per heavy atom. The predicted octanol–water partition coefficient (Wildman–Crippen LogP) is 2.00. The minimum absolute atomic E-state index is 0. The van der Waals surface area contributed by atoms with Crippen LogP contribution >= 0.6 is 0 Å². The molecule has 0 saturated heterocycles. The first-order valence-corrected chi connectivity index (χ1v) is 2.27. The molecule has 0 fully saturated rings. The van der Waals surface area contributed by atoms with E-state index in [-0.39, 0.29) is 52.6 Å². The van der Waals surface area contributed by atoms with Crippen molar-refractivity contribution in [2.24, 2.45) is 0 Å². The monoisotopic (exact) mass is 230 g/mol. The van der Waals surface area contributed by atoms with Gasteiger partial charge in [0.2, 0.25) is 0 Å². The van der Waals surface area contributed by atoms with Gasteiger partial charge in [-0.15, -0.1) is 0 Å². The van der Waals surface area contributed by atoms with Gasteiger partial charge in [0, 0.05) is 41.1 Å². The van der Waals surface area contributed by atoms with Crippen molar-refractivity contribution >= 4 is 0 Å². The van der Waals surface area contributed by atoms with Gasteiger partial charge in [-0.05, 0) is 12.1 Å². The van der Waals surface area contributed by atoms with E-state index in [2.05, 4.69) is 0 Å². The molecule has 0 heterocycles. The van der Waals surface area contributed by atoms with E-state index >= 15 is 0 Å². The summed E-state index contributed by atoms with van der Waals surface area (Å²) in [5.74, 6) is -0.153. The van der Waals surface area contributed by atoms with Crippen LogP contribution < -0.4 is 0 Å². The van der Waals surface area contributed by atoms with E-state index < -0.39 is 0 Å². The minimum atomic E-state index is -0.0764. The number of phenols is 2. The Morgan fingerprint density at radius 2 is 1.09 bits per heavy atom. The van der Waals surface area contributed by atoms with Gasteiger partial charge < -0.3 is 10.2 Å². The van der Waals surface area contributed by atoms with Crippen LogP contribution in [0, 0.1) is 14.9 Å². The van der Waals surface area contributed by atoms with Crippen LogP contribution in [0.2, 0.25) is 0 Å². The van der Waals surface area contributed by atoms with Crippen LogP contribution in [0.25, 0.3) is 0 Å². The summed E-state index contributed by atoms with van der Waals surface area (Å²) in [7, 11) is 0. The van der Waals surface area contributed by atoms with Crippen LogP contribution in [0.5, 0.6) is 11.5 Å². The van der Waals surface area contributed by atoms with Crippen LogP contribution in [0.1, 0.15) is 0 Å². The average molecular weight is 231 g/mol. The number of aromatic hydroxyl groups is 2. The molecule has 3 heteroatoms. The molecule has 0 saturated carbocycles. The summed E-state index contributed by atoms with van der Waals surface area (Å²) in [6, 6.07) is 6.15. The predicted molar refractivity (Wildman–Crippen MR) is 42.6 cm³/mol. The first-order chi connectivity index (χ1) is 3.80. The summed E-state index contributed by atoms with van der Waals surface area (Å²) < 4.78 is 0. The zero-order valence-electron chi connectivity index (χ0n) is 6.70. The molecule has 2 N–H and O–H groups in total. The van der Waals surface area contributed by atoms with Crippen molar-refractivity contribution in [1.82, 2.24) is 0 Å². The zero-order chi connectivity index (χ0) is 5.98. The molecule has 0 aliphatic heterocycles. The number of phenolic OH excluding ortho intramolecular Hbond substituents is 2. The van der Waals surface area contributed by atoms with Gasteiger partial charge in [0.1, 0.15) is 0 Å². The van der Waals surface area contributed by atoms with E-state index in [4.69, 9.17) is 10.2 Å². The van der Waals surface area contributed by atoms with Crippen LogP contribution in [0.15, 0.2) is 24.3 Å². The van der Waals surface area contributed by atoms with Crippen molar-refractivity contribution in [1.29, 1.82) is 0 Å². The number of rotatable bonds is 0. The van der Waals surface area contributed by atoms with Crippen molar-refractivity contribution in [3.63, 3.8) is 0 Å². The van der Waals surface area contributed by atoms with Gasteiger partial charge >= 0.3 is 0 Å². The maximum Gasteiger partial charge on any atom is 0.157 e. The molecule has 0 atom stereocenters. The fourth-order valence-electron chi connectivity index (χ4n) is 0.464. The van der Waals surface area contributed by atoms with E-state index in [1.54, 1.807) is 12.1 Å². The molecule has 0 amide bonds. The third kappa shape index (κ3) is 4.80. The Labute approximate surface area is 87.0 Å². The summed E-state index contributed by atoms with van der Waals surface area (Å²) in [6.45, 7) is 0. The summed E-state index contributed by atoms with van der Waals surface area (Å²) in [6.07, 6.45) is 0. The second-order valence-corrected chi connectivity index (χ2v) is 1.49. The van der Waals surface area contributed by atoms with Crippen molar-refractivity contribution < 1.29 is 36.4 Å². The molecular weight excluding hydrogens is 219 g/mol. The zero-order valence-corrected chi connectivity index (χ0v) is 9.16. The van der Waals surface area contributed by atoms with Crippen molar-refractivity contribution in [3.05, 3.63) is 39.1 Å². The molecule has 1 aromatic carbocycles. The molecule has 0 unspecified atom stereocenters. The summed E-state index contributed by atoms with van der Waals surface area (Å²) in [5, 5.41) is 17.3. The Bertz CT molecular complexity index is 168. The van der Waals surface area contributed by atoms with Crippen LogP contribution in [0.4, 0.5) is 0 Å². The SMILES string of the molecule is Oc1ccccc1O.[CH3+].[CH3+].[Zr]. The Balaban J connectivity index is -0.000000213. The molecular formula is C8H12O2Zr+2. The number of hydrogen-bond donors (Lipinski definition) is 2. The second kappa shape index (κ2) is 7.55. The first kappa shape index (κ1) is 16.8. The Hall–Kier alpha value is -0.557. The van der Waals surface area contributed by atoms with Crippen LogP contribution in [0.3, 0.4) is 0 Å². The largest absolute Gasteiger partial charge is 0.504 e. The normalized spacial score (nSPS) is 6.55. The molecule has 1 aromatic rings. The number of para-hydroxylation sites is 2. The number of benzene rings is 1. The quantitative estimate of drug-likeness (QED) is 0.529. The van der Waals surface area contributed by atoms with Crippen LogP contribution in [-0.2, 0) is 26.2 Å². The molecule has 0 aliphatic rings. The fraction of sp³-hybridized carbons (Fsp3) is 0. The molecule has 2 nitrogen and oxygen atoms in total. The molecule has 0 aliphatic carbocycles. The standard InChI is InChI=1S/C6H6O2.2CH3.Zr/c7-5-3-1-2-4-6(5)8;;;/h1-4,7-8H;2*1H3;/q;2*+1;. The van der Waals surface area contributed by atoms with Gasteiger partial charge in [0.25, 0.3) is 0 Å². The molecule has 0 aromatic heterocycles. The maximum absolute atomic E-state index is 8.67. The molecule has 0 radical (unpaired) electrons. The first-order valence-electron chi connectivity index (χ1n) is 2.27. The van der Waals surface area contributed by atoms with Gasteiger partial charge in [-0.1, -0.05) is 12.1 Å². The third-order valence-corrected chi connectivity index (χ3v) is 0.882. The van der Waals surface area contributed by atoms with Gasteiger partial charge in [-0.25, -0.2) is 0 Å². The molecule has 1 rings (SSSR count). The average Bonchev–Trinajstić information content (AvgIpc) is 1.77. The van der Waals surface area contributed by atoms with E-state index in [1.807, 2.05) is 0 Å². The van der Waals surface area contributed by atoms with Gasteiger partial charge in [-0.2, -0.15) is 0 Å². The topological polar surface area (TPSA) is 40.5 Å². The molecule has 11 heavy (non-hydrogen) atoms. The van der Waals surface area contributed by atoms with Crippen molar-refractivity contribution in [3.8, 4) is 11.5 Å². The minimum Gasteiger partial charge on any atom is -0.504 e. The molecule has 58 valence electrons. The van der Waals surface area contributed by atoms with Crippen LogP contribution in [-0.4, -0.2) is 10.2 Å². The fourth-order valence-corrected chi connectivity index (χ4v) is 0.464. The summed E-state index contributed by atoms with van der Waals surface area (Å²) in [5.41, 5.74) is 0. The van der Waals surface area contributed by atoms with E-state index in [0.29, 0.717) is 0 Å². The summed E-state index contributed by atoms with van der Waals surface area (Å²) in [4.78, 5) is 0. The van der Waals surface area contributed by atoms with E-state index in [0.717, 1.165) is 0 Å². The van der Waals surface area contributed by atoms with Gasteiger partial charge in [0.05, 0.1) is 0 Å². The van der Waals surface area contributed by atoms with E-state index in [9.17, 15) is 0 Å². The third-order valence-electron chi connectivity index (χ3n) is 0.882. The molecule has 0 spiro atoms. The number of hydrogen-bond acceptors (Lipinski definition) is 2. The smallest absolute Gasteiger partial charge is 0.157 e. The summed E-state index contributed by atoms with van der Waals surface area (Å²) >= 11 is 0. The van der Waals surface area contributed by atoms with Crippen molar-refractivity contribution in [2.45, 2.75) is 0 Å². The van der Waals surface area contributed by atoms with E-state index in [1.165, 1.54) is 12.1 Å². The second-order valence-electron chi connectivity index (χ2n) is 1.49. The maximum atomic E-state index is 8.67. The van der Waals surface area contributed by atoms with Crippen molar-refractivity contribution in [2.75, 3.05) is 0 Å².